The van der Waals surface area contributed by atoms with Crippen molar-refractivity contribution in [2.24, 2.45) is 5.92 Å². The second-order valence-corrected chi connectivity index (χ2v) is 14.0. The summed E-state index contributed by atoms with van der Waals surface area (Å²) >= 11 is 7.20. The molecule has 2 heterocycles. The van der Waals surface area contributed by atoms with Gasteiger partial charge in [0.25, 0.3) is 11.8 Å². The molecule has 2 amide bonds. The number of carbonyl (C=O) groups is 2. The lowest BCUT2D eigenvalue weighted by atomic mass is 9.99. The quantitative estimate of drug-likeness (QED) is 0.284. The Morgan fingerprint density at radius 1 is 1.19 bits per heavy atom. The van der Waals surface area contributed by atoms with Crippen molar-refractivity contribution in [1.29, 1.82) is 0 Å². The SMILES string of the molecule is C[C@@H]1CN([C@H](C)CO)C(=O)c2cccc(NC(=O)c3nc4ccccc4s3)c2O[C@@H]1CN(C)S(=O)(=O)c1ccc(Cl)cc1. The highest BCUT2D eigenvalue weighted by Gasteiger charge is 2.36. The first kappa shape index (κ1) is 30.9. The maximum atomic E-state index is 13.8. The summed E-state index contributed by atoms with van der Waals surface area (Å²) in [4.78, 5) is 33.1. The number of hydrogen-bond donors (Lipinski definition) is 2. The van der Waals surface area contributed by atoms with Gasteiger partial charge in [0.15, 0.2) is 10.8 Å². The molecule has 0 radical (unpaired) electrons. The summed E-state index contributed by atoms with van der Waals surface area (Å²) in [7, 11) is -2.44. The number of halogens is 1. The number of aliphatic hydroxyl groups excluding tert-OH is 1. The number of rotatable bonds is 8. The van der Waals surface area contributed by atoms with Crippen LogP contribution in [-0.4, -0.2) is 78.4 Å². The van der Waals surface area contributed by atoms with Gasteiger partial charge in [-0.2, -0.15) is 4.31 Å². The highest BCUT2D eigenvalue weighted by atomic mass is 35.5. The number of fused-ring (bicyclic) bond motifs is 2. The normalized spacial score (nSPS) is 18.1. The van der Waals surface area contributed by atoms with Gasteiger partial charge in [0.2, 0.25) is 10.0 Å². The van der Waals surface area contributed by atoms with Gasteiger partial charge in [0, 0.05) is 24.5 Å². The lowest BCUT2D eigenvalue weighted by Gasteiger charge is -2.38. The standard InChI is InChI=1S/C30H31ClN4O6S2/c1-18-15-35(19(2)17-36)30(38)22-7-6-9-24(32-28(37)29-33-23-8-4-5-10-26(23)42-29)27(22)41-25(18)16-34(3)43(39,40)21-13-11-20(31)12-14-21/h4-14,18-19,25,36H,15-17H2,1-3H3,(H,32,37)/t18-,19-,25-/m1/s1. The number of thiazole rings is 1. The number of sulfonamides is 1. The van der Waals surface area contributed by atoms with E-state index in [1.165, 1.54) is 47.0 Å². The van der Waals surface area contributed by atoms with E-state index in [2.05, 4.69) is 10.3 Å². The fraction of sp³-hybridized carbons (Fsp3) is 0.300. The molecular formula is C30H31ClN4O6S2. The molecule has 226 valence electrons. The molecule has 0 unspecified atom stereocenters. The van der Waals surface area contributed by atoms with Crippen molar-refractivity contribution in [3.8, 4) is 5.75 Å². The van der Waals surface area contributed by atoms with Crippen LogP contribution in [0.4, 0.5) is 5.69 Å². The molecule has 5 rings (SSSR count). The predicted molar refractivity (Wildman–Crippen MR) is 166 cm³/mol. The third kappa shape index (κ3) is 6.38. The van der Waals surface area contributed by atoms with Gasteiger partial charge in [-0.15, -0.1) is 11.3 Å². The van der Waals surface area contributed by atoms with Crippen molar-refractivity contribution in [2.45, 2.75) is 30.9 Å². The van der Waals surface area contributed by atoms with E-state index in [1.54, 1.807) is 30.0 Å². The van der Waals surface area contributed by atoms with Crippen LogP contribution in [0, 0.1) is 5.92 Å². The third-order valence-electron chi connectivity index (χ3n) is 7.39. The van der Waals surface area contributed by atoms with E-state index in [-0.39, 0.29) is 58.4 Å². The summed E-state index contributed by atoms with van der Waals surface area (Å²) in [5.41, 5.74) is 1.12. The number of ether oxygens (including phenoxy) is 1. The zero-order valence-electron chi connectivity index (χ0n) is 23.7. The molecule has 13 heteroatoms. The van der Waals surface area contributed by atoms with Gasteiger partial charge in [-0.3, -0.25) is 9.59 Å². The topological polar surface area (TPSA) is 129 Å². The van der Waals surface area contributed by atoms with Gasteiger partial charge < -0.3 is 20.1 Å². The lowest BCUT2D eigenvalue weighted by Crippen LogP contribution is -2.50. The molecule has 1 aromatic heterocycles. The molecule has 3 aromatic carbocycles. The fourth-order valence-corrected chi connectivity index (χ4v) is 7.01. The molecule has 10 nitrogen and oxygen atoms in total. The number of likely N-dealkylation sites (N-methyl/N-ethyl adjacent to an activating group) is 1. The molecule has 43 heavy (non-hydrogen) atoms. The Morgan fingerprint density at radius 3 is 2.60 bits per heavy atom. The molecule has 0 bridgehead atoms. The maximum Gasteiger partial charge on any atom is 0.284 e. The predicted octanol–water partition coefficient (Wildman–Crippen LogP) is 4.74. The van der Waals surface area contributed by atoms with Crippen LogP contribution in [0.3, 0.4) is 0 Å². The van der Waals surface area contributed by atoms with Gasteiger partial charge in [0.1, 0.15) is 6.10 Å². The smallest absolute Gasteiger partial charge is 0.284 e. The van der Waals surface area contributed by atoms with Crippen molar-refractivity contribution in [3.05, 3.63) is 82.3 Å². The molecular weight excluding hydrogens is 612 g/mol. The zero-order valence-corrected chi connectivity index (χ0v) is 26.1. The number of nitrogens with one attached hydrogen (secondary N) is 1. The van der Waals surface area contributed by atoms with E-state index >= 15 is 0 Å². The number of aliphatic hydroxyl groups is 1. The third-order valence-corrected chi connectivity index (χ3v) is 10.5. The summed E-state index contributed by atoms with van der Waals surface area (Å²) in [5, 5.41) is 13.4. The van der Waals surface area contributed by atoms with E-state index in [0.717, 1.165) is 4.70 Å². The first-order valence-electron chi connectivity index (χ1n) is 13.6. The van der Waals surface area contributed by atoms with Crippen LogP contribution in [0.5, 0.6) is 5.75 Å². The Balaban J connectivity index is 1.51. The number of para-hydroxylation sites is 2. The van der Waals surface area contributed by atoms with Crippen LogP contribution in [-0.2, 0) is 10.0 Å². The van der Waals surface area contributed by atoms with Crippen LogP contribution < -0.4 is 10.1 Å². The zero-order chi connectivity index (χ0) is 30.9. The molecule has 4 aromatic rings. The molecule has 0 saturated heterocycles. The average Bonchev–Trinajstić information content (AvgIpc) is 3.44. The van der Waals surface area contributed by atoms with E-state index < -0.39 is 28.1 Å². The number of anilines is 1. The van der Waals surface area contributed by atoms with Crippen molar-refractivity contribution < 1.29 is 27.9 Å². The average molecular weight is 643 g/mol. The van der Waals surface area contributed by atoms with Gasteiger partial charge in [0.05, 0.1) is 45.6 Å². The number of aromatic nitrogens is 1. The fourth-order valence-electron chi connectivity index (χ4n) is 4.84. The Bertz CT molecular complexity index is 1730. The monoisotopic (exact) mass is 642 g/mol. The molecule has 2 N–H and O–H groups in total. The van der Waals surface area contributed by atoms with Gasteiger partial charge >= 0.3 is 0 Å². The molecule has 1 aliphatic heterocycles. The summed E-state index contributed by atoms with van der Waals surface area (Å²) in [6.07, 6.45) is -0.729. The molecule has 0 spiro atoms. The lowest BCUT2D eigenvalue weighted by molar-refractivity contribution is 0.0388. The summed E-state index contributed by atoms with van der Waals surface area (Å²) in [5.74, 6) is -1.09. The highest BCUT2D eigenvalue weighted by molar-refractivity contribution is 7.89. The van der Waals surface area contributed by atoms with Crippen LogP contribution in [0.15, 0.2) is 71.6 Å². The number of amides is 2. The number of carbonyl (C=O) groups excluding carboxylic acids is 2. The Labute approximate surface area is 258 Å². The Hall–Kier alpha value is -3.55. The molecule has 1 aliphatic rings. The largest absolute Gasteiger partial charge is 0.486 e. The minimum Gasteiger partial charge on any atom is -0.486 e. The van der Waals surface area contributed by atoms with Crippen molar-refractivity contribution in [1.82, 2.24) is 14.2 Å². The Kier molecular flexibility index (Phi) is 9.04. The first-order chi connectivity index (χ1) is 20.5. The second-order valence-electron chi connectivity index (χ2n) is 10.5. The molecule has 0 fully saturated rings. The van der Waals surface area contributed by atoms with Crippen molar-refractivity contribution >= 4 is 60.7 Å². The summed E-state index contributed by atoms with van der Waals surface area (Å²) in [6.45, 7) is 3.48. The summed E-state index contributed by atoms with van der Waals surface area (Å²) in [6, 6.07) is 17.6. The molecule has 0 aliphatic carbocycles. The minimum absolute atomic E-state index is 0.0543. The van der Waals surface area contributed by atoms with Gasteiger partial charge in [-0.05, 0) is 55.5 Å². The van der Waals surface area contributed by atoms with Gasteiger partial charge in [-0.25, -0.2) is 13.4 Å². The van der Waals surface area contributed by atoms with E-state index in [4.69, 9.17) is 16.3 Å². The second kappa shape index (κ2) is 12.6. The van der Waals surface area contributed by atoms with Crippen molar-refractivity contribution in [2.75, 3.05) is 32.1 Å². The van der Waals surface area contributed by atoms with E-state index in [1.807, 2.05) is 31.2 Å². The maximum absolute atomic E-state index is 13.8. The van der Waals surface area contributed by atoms with E-state index in [0.29, 0.717) is 10.5 Å². The van der Waals surface area contributed by atoms with Crippen LogP contribution >= 0.6 is 22.9 Å². The molecule has 0 saturated carbocycles. The first-order valence-corrected chi connectivity index (χ1v) is 16.2. The van der Waals surface area contributed by atoms with Crippen LogP contribution in [0.25, 0.3) is 10.2 Å². The van der Waals surface area contributed by atoms with Gasteiger partial charge in [-0.1, -0.05) is 36.7 Å². The summed E-state index contributed by atoms with van der Waals surface area (Å²) < 4.78 is 35.3. The minimum atomic E-state index is -3.90. The number of nitrogens with zero attached hydrogens (tertiary/aromatic N) is 3. The van der Waals surface area contributed by atoms with Crippen LogP contribution in [0.2, 0.25) is 5.02 Å². The van der Waals surface area contributed by atoms with Crippen molar-refractivity contribution in [3.63, 3.8) is 0 Å². The van der Waals surface area contributed by atoms with E-state index in [9.17, 15) is 23.1 Å². The number of hydrogen-bond acceptors (Lipinski definition) is 8. The Morgan fingerprint density at radius 2 is 1.91 bits per heavy atom. The highest BCUT2D eigenvalue weighted by Crippen LogP contribution is 2.36. The van der Waals surface area contributed by atoms with Crippen LogP contribution in [0.1, 0.15) is 34.0 Å². The number of benzene rings is 3. The molecule has 3 atom stereocenters.